The van der Waals surface area contributed by atoms with Crippen LogP contribution in [0.5, 0.6) is 0 Å². The van der Waals surface area contributed by atoms with E-state index in [1.54, 1.807) is 0 Å². The van der Waals surface area contributed by atoms with Crippen molar-refractivity contribution in [2.24, 2.45) is 0 Å². The van der Waals surface area contributed by atoms with Gasteiger partial charge in [0.1, 0.15) is 5.01 Å². The maximum Gasteiger partial charge on any atom is 0.151 e. The zero-order valence-electron chi connectivity index (χ0n) is 8.43. The molecule has 0 aromatic carbocycles. The van der Waals surface area contributed by atoms with Crippen LogP contribution in [0.4, 0.5) is 0 Å². The van der Waals surface area contributed by atoms with Gasteiger partial charge in [-0.15, -0.1) is 11.3 Å². The van der Waals surface area contributed by atoms with Gasteiger partial charge in [0.15, 0.2) is 9.84 Å². The second kappa shape index (κ2) is 3.84. The van der Waals surface area contributed by atoms with Gasteiger partial charge in [0.2, 0.25) is 0 Å². The van der Waals surface area contributed by atoms with Crippen molar-refractivity contribution in [3.05, 3.63) is 15.6 Å². The van der Waals surface area contributed by atoms with Crippen LogP contribution in [0.1, 0.15) is 27.9 Å². The largest absolute Gasteiger partial charge is 0.389 e. The molecule has 0 saturated carbocycles. The lowest BCUT2D eigenvalue weighted by atomic mass is 10.0. The number of nitrogens with zero attached hydrogens (tertiary/aromatic N) is 1. The fourth-order valence-electron chi connectivity index (χ4n) is 1.92. The summed E-state index contributed by atoms with van der Waals surface area (Å²) < 4.78 is 22.7. The lowest BCUT2D eigenvalue weighted by Gasteiger charge is -2.04. The molecule has 0 radical (unpaired) electrons. The third-order valence-corrected chi connectivity index (χ3v) is 5.37. The van der Waals surface area contributed by atoms with E-state index in [4.69, 9.17) is 5.11 Å². The first-order valence-electron chi connectivity index (χ1n) is 4.79. The molecule has 1 aromatic rings. The first-order valence-corrected chi connectivity index (χ1v) is 7.43. The number of thiazole rings is 1. The molecule has 1 N–H and O–H groups in total. The Hall–Kier alpha value is -0.460. The molecular formula is C9H13NO3S2. The predicted octanol–water partition coefficient (Wildman–Crippen LogP) is 0.846. The fraction of sp³-hybridized carbons (Fsp3) is 0.667. The Kier molecular flexibility index (Phi) is 2.83. The van der Waals surface area contributed by atoms with E-state index < -0.39 is 9.84 Å². The van der Waals surface area contributed by atoms with Gasteiger partial charge < -0.3 is 5.11 Å². The molecule has 4 nitrogen and oxygen atoms in total. The number of aryl methyl sites for hydroxylation is 1. The van der Waals surface area contributed by atoms with E-state index in [2.05, 4.69) is 4.98 Å². The van der Waals surface area contributed by atoms with Crippen LogP contribution in [0.25, 0.3) is 0 Å². The van der Waals surface area contributed by atoms with E-state index in [0.717, 1.165) is 10.6 Å². The number of sulfone groups is 1. The Morgan fingerprint density at radius 1 is 1.60 bits per heavy atom. The number of aliphatic hydroxyl groups is 1. The molecule has 0 aliphatic carbocycles. The highest BCUT2D eigenvalue weighted by Crippen LogP contribution is 2.32. The van der Waals surface area contributed by atoms with Gasteiger partial charge in [-0.1, -0.05) is 0 Å². The summed E-state index contributed by atoms with van der Waals surface area (Å²) in [6, 6.07) is 0. The highest BCUT2D eigenvalue weighted by Gasteiger charge is 2.31. The summed E-state index contributed by atoms with van der Waals surface area (Å²) in [6.45, 7) is 1.86. The standard InChI is InChI=1S/C9H13NO3S2/c1-6-9(10-8(4-11)14-6)7-2-3-15(12,13)5-7/h7,11H,2-5H2,1H3. The Balaban J connectivity index is 2.27. The molecule has 2 rings (SSSR count). The van der Waals surface area contributed by atoms with Gasteiger partial charge in [0, 0.05) is 10.8 Å². The van der Waals surface area contributed by atoms with Crippen LogP contribution in [-0.4, -0.2) is 30.0 Å². The Labute approximate surface area is 92.9 Å². The zero-order valence-corrected chi connectivity index (χ0v) is 10.1. The van der Waals surface area contributed by atoms with Gasteiger partial charge in [-0.2, -0.15) is 0 Å². The molecule has 1 unspecified atom stereocenters. The number of aliphatic hydroxyl groups excluding tert-OH is 1. The van der Waals surface area contributed by atoms with Gasteiger partial charge >= 0.3 is 0 Å². The molecule has 0 amide bonds. The molecular weight excluding hydrogens is 234 g/mol. The molecule has 1 atom stereocenters. The summed E-state index contributed by atoms with van der Waals surface area (Å²) in [4.78, 5) is 5.31. The van der Waals surface area contributed by atoms with Crippen molar-refractivity contribution < 1.29 is 13.5 Å². The maximum absolute atomic E-state index is 11.3. The predicted molar refractivity (Wildman–Crippen MR) is 58.8 cm³/mol. The van der Waals surface area contributed by atoms with E-state index in [0.29, 0.717) is 11.4 Å². The zero-order chi connectivity index (χ0) is 11.1. The van der Waals surface area contributed by atoms with Crippen molar-refractivity contribution in [2.75, 3.05) is 11.5 Å². The van der Waals surface area contributed by atoms with Crippen molar-refractivity contribution in [3.63, 3.8) is 0 Å². The van der Waals surface area contributed by atoms with Crippen molar-refractivity contribution in [1.29, 1.82) is 0 Å². The quantitative estimate of drug-likeness (QED) is 0.841. The average Bonchev–Trinajstić information content (AvgIpc) is 2.69. The van der Waals surface area contributed by atoms with Gasteiger partial charge in [0.25, 0.3) is 0 Å². The van der Waals surface area contributed by atoms with Crippen LogP contribution in [0.3, 0.4) is 0 Å². The van der Waals surface area contributed by atoms with Crippen molar-refractivity contribution in [1.82, 2.24) is 4.98 Å². The third kappa shape index (κ3) is 2.21. The molecule has 1 saturated heterocycles. The molecule has 6 heteroatoms. The van der Waals surface area contributed by atoms with Gasteiger partial charge in [-0.3, -0.25) is 0 Å². The van der Waals surface area contributed by atoms with Gasteiger partial charge in [-0.05, 0) is 13.3 Å². The fourth-order valence-corrected chi connectivity index (χ4v) is 4.55. The molecule has 84 valence electrons. The normalized spacial score (nSPS) is 24.5. The molecule has 15 heavy (non-hydrogen) atoms. The SMILES string of the molecule is Cc1sc(CO)nc1C1CCS(=O)(=O)C1. The Morgan fingerprint density at radius 3 is 2.80 bits per heavy atom. The molecule has 1 aromatic heterocycles. The second-order valence-electron chi connectivity index (χ2n) is 3.81. The van der Waals surface area contributed by atoms with E-state index >= 15 is 0 Å². The van der Waals surface area contributed by atoms with Crippen molar-refractivity contribution >= 4 is 21.2 Å². The van der Waals surface area contributed by atoms with Crippen LogP contribution in [0.15, 0.2) is 0 Å². The molecule has 2 heterocycles. The van der Waals surface area contributed by atoms with E-state index in [1.807, 2.05) is 6.92 Å². The number of aromatic nitrogens is 1. The van der Waals surface area contributed by atoms with Crippen molar-refractivity contribution in [2.45, 2.75) is 25.9 Å². The van der Waals surface area contributed by atoms with Crippen LogP contribution < -0.4 is 0 Å². The monoisotopic (exact) mass is 247 g/mol. The minimum Gasteiger partial charge on any atom is -0.389 e. The highest BCUT2D eigenvalue weighted by atomic mass is 32.2. The Morgan fingerprint density at radius 2 is 2.33 bits per heavy atom. The lowest BCUT2D eigenvalue weighted by Crippen LogP contribution is -2.05. The van der Waals surface area contributed by atoms with Crippen LogP contribution in [0, 0.1) is 6.92 Å². The van der Waals surface area contributed by atoms with Gasteiger partial charge in [0.05, 0.1) is 23.8 Å². The summed E-state index contributed by atoms with van der Waals surface area (Å²) in [5, 5.41) is 9.62. The molecule has 0 spiro atoms. The highest BCUT2D eigenvalue weighted by molar-refractivity contribution is 7.91. The maximum atomic E-state index is 11.3. The van der Waals surface area contributed by atoms with Crippen LogP contribution in [0.2, 0.25) is 0 Å². The minimum atomic E-state index is -2.86. The average molecular weight is 247 g/mol. The summed E-state index contributed by atoms with van der Waals surface area (Å²) in [6.07, 6.45) is 0.664. The minimum absolute atomic E-state index is 0.0338. The molecule has 1 aliphatic heterocycles. The van der Waals surface area contributed by atoms with Crippen molar-refractivity contribution in [3.8, 4) is 0 Å². The molecule has 1 aliphatic rings. The summed E-state index contributed by atoms with van der Waals surface area (Å²) in [5.74, 6) is 0.512. The van der Waals surface area contributed by atoms with E-state index in [1.165, 1.54) is 11.3 Å². The number of hydrogen-bond donors (Lipinski definition) is 1. The third-order valence-electron chi connectivity index (χ3n) is 2.63. The number of rotatable bonds is 2. The summed E-state index contributed by atoms with van der Waals surface area (Å²) in [7, 11) is -2.86. The second-order valence-corrected chi connectivity index (χ2v) is 7.32. The topological polar surface area (TPSA) is 67.3 Å². The lowest BCUT2D eigenvalue weighted by molar-refractivity contribution is 0.281. The Bertz CT molecular complexity index is 464. The molecule has 1 fully saturated rings. The van der Waals surface area contributed by atoms with E-state index in [9.17, 15) is 8.42 Å². The smallest absolute Gasteiger partial charge is 0.151 e. The molecule has 0 bridgehead atoms. The number of hydrogen-bond acceptors (Lipinski definition) is 5. The first kappa shape index (κ1) is 11.0. The summed E-state index contributed by atoms with van der Waals surface area (Å²) in [5.41, 5.74) is 0.866. The van der Waals surface area contributed by atoms with Crippen LogP contribution >= 0.6 is 11.3 Å². The first-order chi connectivity index (χ1) is 7.02. The summed E-state index contributed by atoms with van der Waals surface area (Å²) >= 11 is 1.45. The van der Waals surface area contributed by atoms with E-state index in [-0.39, 0.29) is 24.0 Å². The van der Waals surface area contributed by atoms with Gasteiger partial charge in [-0.25, -0.2) is 13.4 Å². The van der Waals surface area contributed by atoms with Crippen LogP contribution in [-0.2, 0) is 16.4 Å².